The van der Waals surface area contributed by atoms with Gasteiger partial charge in [0.2, 0.25) is 5.82 Å². The SMILES string of the molecule is O=C(Nc1c(F)c(F)c(F)c(F)c1F)c1ccc(-c2ccccc2)cc1N1CCOCC1. The third kappa shape index (κ3) is 4.03. The number of ether oxygens (including phenoxy) is 1. The van der Waals surface area contributed by atoms with Crippen LogP contribution < -0.4 is 10.2 Å². The van der Waals surface area contributed by atoms with Crippen molar-refractivity contribution in [1.29, 1.82) is 0 Å². The molecule has 0 radical (unpaired) electrons. The van der Waals surface area contributed by atoms with E-state index in [1.807, 2.05) is 40.5 Å². The number of anilines is 2. The topological polar surface area (TPSA) is 41.6 Å². The maximum Gasteiger partial charge on any atom is 0.257 e. The van der Waals surface area contributed by atoms with E-state index in [1.165, 1.54) is 6.07 Å². The van der Waals surface area contributed by atoms with Crippen LogP contribution in [0.1, 0.15) is 10.4 Å². The summed E-state index contributed by atoms with van der Waals surface area (Å²) in [5.41, 5.74) is 0.756. The number of morpholine rings is 1. The van der Waals surface area contributed by atoms with Gasteiger partial charge in [0, 0.05) is 13.1 Å². The molecule has 1 fully saturated rings. The summed E-state index contributed by atoms with van der Waals surface area (Å²) in [5, 5.41) is 1.85. The fourth-order valence-electron chi connectivity index (χ4n) is 3.50. The molecule has 32 heavy (non-hydrogen) atoms. The van der Waals surface area contributed by atoms with Gasteiger partial charge < -0.3 is 15.0 Å². The van der Waals surface area contributed by atoms with E-state index in [1.54, 1.807) is 12.1 Å². The van der Waals surface area contributed by atoms with Crippen molar-refractivity contribution in [2.45, 2.75) is 0 Å². The zero-order valence-electron chi connectivity index (χ0n) is 16.6. The van der Waals surface area contributed by atoms with E-state index in [0.717, 1.165) is 11.1 Å². The molecule has 3 aromatic carbocycles. The highest BCUT2D eigenvalue weighted by Crippen LogP contribution is 2.32. The zero-order valence-corrected chi connectivity index (χ0v) is 16.6. The molecule has 1 aliphatic rings. The van der Waals surface area contributed by atoms with Gasteiger partial charge in [-0.3, -0.25) is 4.79 Å². The maximum absolute atomic E-state index is 14.1. The van der Waals surface area contributed by atoms with Gasteiger partial charge in [-0.15, -0.1) is 0 Å². The van der Waals surface area contributed by atoms with Gasteiger partial charge in [0.05, 0.1) is 24.5 Å². The second-order valence-corrected chi connectivity index (χ2v) is 7.10. The Hall–Kier alpha value is -3.46. The van der Waals surface area contributed by atoms with Gasteiger partial charge in [0.1, 0.15) is 5.69 Å². The molecule has 0 spiro atoms. The van der Waals surface area contributed by atoms with Gasteiger partial charge >= 0.3 is 0 Å². The van der Waals surface area contributed by atoms with E-state index in [9.17, 15) is 26.7 Å². The van der Waals surface area contributed by atoms with Crippen molar-refractivity contribution in [3.05, 3.63) is 83.2 Å². The molecule has 1 aliphatic heterocycles. The van der Waals surface area contributed by atoms with Gasteiger partial charge in [-0.05, 0) is 23.3 Å². The molecule has 1 N–H and O–H groups in total. The number of carbonyl (C=O) groups is 1. The van der Waals surface area contributed by atoms with Crippen molar-refractivity contribution in [2.75, 3.05) is 36.5 Å². The van der Waals surface area contributed by atoms with E-state index in [-0.39, 0.29) is 5.56 Å². The normalized spacial score (nSPS) is 13.8. The fraction of sp³-hybridized carbons (Fsp3) is 0.174. The Kier molecular flexibility index (Phi) is 6.09. The number of nitrogens with zero attached hydrogens (tertiary/aromatic N) is 1. The van der Waals surface area contributed by atoms with Crippen molar-refractivity contribution >= 4 is 17.3 Å². The highest BCUT2D eigenvalue weighted by atomic mass is 19.2. The summed E-state index contributed by atoms with van der Waals surface area (Å²) in [7, 11) is 0. The number of hydrogen-bond donors (Lipinski definition) is 1. The van der Waals surface area contributed by atoms with Gasteiger partial charge in [0.25, 0.3) is 5.91 Å². The maximum atomic E-state index is 14.1. The third-order valence-corrected chi connectivity index (χ3v) is 5.15. The lowest BCUT2D eigenvalue weighted by Gasteiger charge is -2.30. The minimum Gasteiger partial charge on any atom is -0.378 e. The van der Waals surface area contributed by atoms with Crippen molar-refractivity contribution in [1.82, 2.24) is 0 Å². The van der Waals surface area contributed by atoms with Crippen LogP contribution in [0.15, 0.2) is 48.5 Å². The first-order valence-electron chi connectivity index (χ1n) is 9.73. The minimum absolute atomic E-state index is 0.0236. The molecular formula is C23H17F5N2O2. The van der Waals surface area contributed by atoms with Crippen LogP contribution in [-0.4, -0.2) is 32.2 Å². The van der Waals surface area contributed by atoms with Crippen LogP contribution in [0.4, 0.5) is 33.3 Å². The first-order chi connectivity index (χ1) is 15.4. The number of rotatable bonds is 4. The smallest absolute Gasteiger partial charge is 0.257 e. The molecule has 0 bridgehead atoms. The van der Waals surface area contributed by atoms with Crippen LogP contribution in [0.5, 0.6) is 0 Å². The van der Waals surface area contributed by atoms with Crippen LogP contribution >= 0.6 is 0 Å². The Balaban J connectivity index is 1.75. The highest BCUT2D eigenvalue weighted by molar-refractivity contribution is 6.08. The summed E-state index contributed by atoms with van der Waals surface area (Å²) >= 11 is 0. The molecule has 0 aliphatic carbocycles. The quantitative estimate of drug-likeness (QED) is 0.342. The second kappa shape index (κ2) is 8.96. The number of halogens is 5. The van der Waals surface area contributed by atoms with E-state index >= 15 is 0 Å². The first kappa shape index (κ1) is 21.8. The van der Waals surface area contributed by atoms with Crippen LogP contribution in [0, 0.1) is 29.1 Å². The lowest BCUT2D eigenvalue weighted by atomic mass is 10.0. The summed E-state index contributed by atoms with van der Waals surface area (Å²) in [5.74, 6) is -11.8. The number of hydrogen-bond acceptors (Lipinski definition) is 3. The minimum atomic E-state index is -2.29. The second-order valence-electron chi connectivity index (χ2n) is 7.10. The van der Waals surface area contributed by atoms with Crippen molar-refractivity contribution in [3.63, 3.8) is 0 Å². The standard InChI is InChI=1S/C23H17F5N2O2/c24-17-18(25)20(27)22(21(28)19(17)26)29-23(31)15-7-6-14(13-4-2-1-3-5-13)12-16(15)30-8-10-32-11-9-30/h1-7,12H,8-11H2,(H,29,31). The molecule has 9 heteroatoms. The monoisotopic (exact) mass is 448 g/mol. The van der Waals surface area contributed by atoms with Crippen LogP contribution in [0.2, 0.25) is 0 Å². The molecule has 4 rings (SSSR count). The predicted molar refractivity (Wildman–Crippen MR) is 109 cm³/mol. The molecule has 166 valence electrons. The molecular weight excluding hydrogens is 431 g/mol. The van der Waals surface area contributed by atoms with Crippen molar-refractivity contribution < 1.29 is 31.5 Å². The Bertz CT molecular complexity index is 1140. The van der Waals surface area contributed by atoms with Crippen LogP contribution in [-0.2, 0) is 4.74 Å². The predicted octanol–water partition coefficient (Wildman–Crippen LogP) is 5.14. The van der Waals surface area contributed by atoms with Crippen molar-refractivity contribution in [2.24, 2.45) is 0 Å². The van der Waals surface area contributed by atoms with E-state index in [2.05, 4.69) is 0 Å². The molecule has 1 heterocycles. The molecule has 1 saturated heterocycles. The van der Waals surface area contributed by atoms with Crippen LogP contribution in [0.25, 0.3) is 11.1 Å². The fourth-order valence-corrected chi connectivity index (χ4v) is 3.50. The number of carbonyl (C=O) groups excluding carboxylic acids is 1. The molecule has 1 amide bonds. The number of amides is 1. The Morgan fingerprint density at radius 3 is 2.00 bits per heavy atom. The molecule has 0 unspecified atom stereocenters. The number of nitrogens with one attached hydrogen (secondary N) is 1. The van der Waals surface area contributed by atoms with E-state index in [4.69, 9.17) is 4.74 Å². The molecule has 3 aromatic rings. The van der Waals surface area contributed by atoms with Gasteiger partial charge in [-0.1, -0.05) is 36.4 Å². The number of benzene rings is 3. The Morgan fingerprint density at radius 2 is 1.38 bits per heavy atom. The van der Waals surface area contributed by atoms with E-state index in [0.29, 0.717) is 32.0 Å². The molecule has 4 nitrogen and oxygen atoms in total. The summed E-state index contributed by atoms with van der Waals surface area (Å²) in [6.45, 7) is 1.74. The zero-order chi connectivity index (χ0) is 22.8. The van der Waals surface area contributed by atoms with Gasteiger partial charge in [-0.2, -0.15) is 0 Å². The average molecular weight is 448 g/mol. The lowest BCUT2D eigenvalue weighted by Crippen LogP contribution is -2.37. The Morgan fingerprint density at radius 1 is 0.781 bits per heavy atom. The summed E-state index contributed by atoms with van der Waals surface area (Å²) < 4.78 is 73.8. The van der Waals surface area contributed by atoms with Crippen molar-refractivity contribution in [3.8, 4) is 11.1 Å². The summed E-state index contributed by atoms with van der Waals surface area (Å²) in [4.78, 5) is 14.8. The third-order valence-electron chi connectivity index (χ3n) is 5.15. The largest absolute Gasteiger partial charge is 0.378 e. The summed E-state index contributed by atoms with van der Waals surface area (Å²) in [6, 6.07) is 14.2. The first-order valence-corrected chi connectivity index (χ1v) is 9.73. The van der Waals surface area contributed by atoms with Gasteiger partial charge in [0.15, 0.2) is 23.3 Å². The Labute approximate surface area is 180 Å². The van der Waals surface area contributed by atoms with E-state index < -0.39 is 40.7 Å². The lowest BCUT2D eigenvalue weighted by molar-refractivity contribution is 0.102. The summed E-state index contributed by atoms with van der Waals surface area (Å²) in [6.07, 6.45) is 0. The van der Waals surface area contributed by atoms with Gasteiger partial charge in [-0.25, -0.2) is 22.0 Å². The van der Waals surface area contributed by atoms with Crippen LogP contribution in [0.3, 0.4) is 0 Å². The molecule has 0 aromatic heterocycles. The average Bonchev–Trinajstić information content (AvgIpc) is 2.84. The molecule has 0 atom stereocenters. The highest BCUT2D eigenvalue weighted by Gasteiger charge is 2.28. The molecule has 0 saturated carbocycles.